The lowest BCUT2D eigenvalue weighted by molar-refractivity contribution is -0.179. The first kappa shape index (κ1) is 47.9. The Hall–Kier alpha value is -7.72. The Kier molecular flexibility index (Phi) is 13.9. The molecule has 1 spiro atoms. The molecule has 72 heavy (non-hydrogen) atoms. The van der Waals surface area contributed by atoms with Gasteiger partial charge in [-0.15, -0.1) is 0 Å². The lowest BCUT2D eigenvalue weighted by atomic mass is 9.64. The molecule has 366 valence electrons. The van der Waals surface area contributed by atoms with Crippen LogP contribution < -0.4 is 19.7 Å². The third-order valence-corrected chi connectivity index (χ3v) is 14.7. The van der Waals surface area contributed by atoms with Crippen LogP contribution >= 0.6 is 0 Å². The zero-order valence-electron chi connectivity index (χ0n) is 40.5. The maximum absolute atomic E-state index is 16.9. The number of imide groups is 1. The first-order valence-electron chi connectivity index (χ1n) is 24.9. The zero-order chi connectivity index (χ0) is 49.8. The number of rotatable bonds is 10. The predicted octanol–water partition coefficient (Wildman–Crippen LogP) is 9.40. The van der Waals surface area contributed by atoms with Gasteiger partial charge in [-0.1, -0.05) is 134 Å². The number of benzene rings is 6. The maximum Gasteiger partial charge on any atom is 0.329 e. The van der Waals surface area contributed by atoms with Crippen LogP contribution in [0.1, 0.15) is 102 Å². The lowest BCUT2D eigenvalue weighted by Gasteiger charge is -2.46. The van der Waals surface area contributed by atoms with E-state index in [0.29, 0.717) is 41.3 Å². The summed E-state index contributed by atoms with van der Waals surface area (Å²) < 4.78 is 18.2. The molecule has 4 aliphatic heterocycles. The van der Waals surface area contributed by atoms with Gasteiger partial charge in [0.15, 0.2) is 0 Å². The van der Waals surface area contributed by atoms with Crippen LogP contribution in [0.15, 0.2) is 158 Å². The number of aliphatic hydroxyl groups is 1. The number of likely N-dealkylation sites (tertiary alicyclic amines) is 1. The van der Waals surface area contributed by atoms with Crippen molar-refractivity contribution in [2.45, 2.75) is 74.7 Å². The summed E-state index contributed by atoms with van der Waals surface area (Å²) in [4.78, 5) is 69.3. The van der Waals surface area contributed by atoms with Gasteiger partial charge in [-0.25, -0.2) is 9.69 Å². The van der Waals surface area contributed by atoms with Crippen LogP contribution in [0, 0.1) is 17.8 Å². The van der Waals surface area contributed by atoms with E-state index in [-0.39, 0.29) is 24.8 Å². The summed E-state index contributed by atoms with van der Waals surface area (Å²) in [5.74, 6) is 4.62. The number of methoxy groups -OCH3 is 1. The number of amides is 4. The summed E-state index contributed by atoms with van der Waals surface area (Å²) in [6.07, 6.45) is 3.53. The summed E-state index contributed by atoms with van der Waals surface area (Å²) in [5.41, 5.74) is 2.88. The number of hydrogen-bond donors (Lipinski definition) is 2. The molecule has 0 saturated carbocycles. The van der Waals surface area contributed by atoms with E-state index in [1.807, 2.05) is 156 Å². The Labute approximate surface area is 420 Å². The van der Waals surface area contributed by atoms with Crippen LogP contribution in [0.5, 0.6) is 11.5 Å². The molecule has 1 unspecified atom stereocenters. The molecule has 0 bridgehead atoms. The number of carbonyl (C=O) groups is 4. The van der Waals surface area contributed by atoms with Crippen LogP contribution in [0.2, 0.25) is 0 Å². The van der Waals surface area contributed by atoms with Crippen LogP contribution in [0.25, 0.3) is 0 Å². The minimum Gasteiger partial charge on any atom is -0.497 e. The fraction of sp³-hybridized carbons (Fsp3) is 0.300. The maximum atomic E-state index is 16.9. The second-order valence-electron chi connectivity index (χ2n) is 18.9. The number of carbonyl (C=O) groups excluding carboxylic acids is 4. The third-order valence-electron chi connectivity index (χ3n) is 14.7. The highest BCUT2D eigenvalue weighted by Crippen LogP contribution is 2.66. The molecule has 4 aliphatic rings. The Balaban J connectivity index is 1.27. The van der Waals surface area contributed by atoms with Gasteiger partial charge in [-0.3, -0.25) is 19.3 Å². The Morgan fingerprint density at radius 3 is 2.03 bits per heavy atom. The first-order chi connectivity index (χ1) is 35.2. The second-order valence-corrected chi connectivity index (χ2v) is 18.9. The number of nitrogens with zero attached hydrogens (tertiary/aromatic N) is 3. The minimum absolute atomic E-state index is 0.00224. The molecule has 3 saturated heterocycles. The summed E-state index contributed by atoms with van der Waals surface area (Å²) in [6, 6.07) is 44.4. The predicted molar refractivity (Wildman–Crippen MR) is 273 cm³/mol. The Bertz CT molecular complexity index is 2990. The van der Waals surface area contributed by atoms with E-state index in [1.54, 1.807) is 25.3 Å². The van der Waals surface area contributed by atoms with Gasteiger partial charge in [0.1, 0.15) is 35.7 Å². The van der Waals surface area contributed by atoms with E-state index < -0.39 is 59.5 Å². The summed E-state index contributed by atoms with van der Waals surface area (Å²) in [7, 11) is 1.60. The molecule has 6 aromatic rings. The van der Waals surface area contributed by atoms with E-state index in [2.05, 4.69) is 17.2 Å². The number of cyclic esters (lactones) is 1. The monoisotopic (exact) mass is 962 g/mol. The van der Waals surface area contributed by atoms with Crippen molar-refractivity contribution in [1.82, 2.24) is 15.1 Å². The number of nitrogens with one attached hydrogen (secondary N) is 1. The van der Waals surface area contributed by atoms with Crippen molar-refractivity contribution in [3.05, 3.63) is 197 Å². The fourth-order valence-corrected chi connectivity index (χ4v) is 11.5. The molecule has 12 nitrogen and oxygen atoms in total. The standard InChI is InChI=1S/C60H58N4O8/c1-40(43-18-9-6-10-19-43)61-59(69)63-50-33-30-42(27-26-41-28-31-47(70-2)32-29-41)38-49(50)60(58(63)68)51(56(66)62-34-15-4-3-5-16-35-62)53-57(67)72-54(45-22-13-8-14-23-45)52(44-20-11-7-12-21-44)64(53)55(60)46-24-17-25-48(39-46)71-37-36-65/h6-14,17-25,28-33,38-40,51-55,65H,3-5,15-16,34-37H2,1-2H3,(H,61,69)/t40-,51-,52-,53?,54+,55+,60-/m1/s1. The number of urea groups is 1. The Morgan fingerprint density at radius 2 is 1.35 bits per heavy atom. The van der Waals surface area contributed by atoms with Gasteiger partial charge in [-0.05, 0) is 102 Å². The third kappa shape index (κ3) is 8.88. The molecule has 4 heterocycles. The van der Waals surface area contributed by atoms with Crippen molar-refractivity contribution in [2.75, 3.05) is 38.3 Å². The average molecular weight is 963 g/mol. The highest BCUT2D eigenvalue weighted by Gasteiger charge is 2.76. The lowest BCUT2D eigenvalue weighted by Crippen LogP contribution is -2.57. The van der Waals surface area contributed by atoms with Gasteiger partial charge in [0.25, 0.3) is 0 Å². The zero-order valence-corrected chi connectivity index (χ0v) is 40.5. The van der Waals surface area contributed by atoms with Crippen LogP contribution in [-0.2, 0) is 24.5 Å². The van der Waals surface area contributed by atoms with Crippen molar-refractivity contribution in [3.63, 3.8) is 0 Å². The van der Waals surface area contributed by atoms with Crippen LogP contribution in [0.3, 0.4) is 0 Å². The van der Waals surface area contributed by atoms with Crippen molar-refractivity contribution < 1.29 is 38.5 Å². The van der Waals surface area contributed by atoms with Gasteiger partial charge in [0, 0.05) is 24.2 Å². The number of morpholine rings is 1. The molecule has 12 heteroatoms. The number of esters is 1. The van der Waals surface area contributed by atoms with Gasteiger partial charge < -0.3 is 29.5 Å². The van der Waals surface area contributed by atoms with E-state index in [4.69, 9.17) is 14.2 Å². The fourth-order valence-electron chi connectivity index (χ4n) is 11.5. The van der Waals surface area contributed by atoms with Gasteiger partial charge >= 0.3 is 12.0 Å². The summed E-state index contributed by atoms with van der Waals surface area (Å²) in [6.45, 7) is 2.49. The Morgan fingerprint density at radius 1 is 0.722 bits per heavy atom. The average Bonchev–Trinajstić information content (AvgIpc) is 3.86. The van der Waals surface area contributed by atoms with E-state index in [0.717, 1.165) is 54.4 Å². The smallest absolute Gasteiger partial charge is 0.329 e. The molecular formula is C60H58N4O8. The van der Waals surface area contributed by atoms with E-state index >= 15 is 19.2 Å². The van der Waals surface area contributed by atoms with Crippen LogP contribution in [0.4, 0.5) is 10.5 Å². The van der Waals surface area contributed by atoms with Crippen molar-refractivity contribution in [1.29, 1.82) is 0 Å². The normalized spacial score (nSPS) is 23.1. The van der Waals surface area contributed by atoms with Gasteiger partial charge in [0.2, 0.25) is 11.8 Å². The molecular weight excluding hydrogens is 905 g/mol. The highest BCUT2D eigenvalue weighted by molar-refractivity contribution is 6.24. The molecule has 0 aromatic heterocycles. The highest BCUT2D eigenvalue weighted by atomic mass is 16.6. The quantitative estimate of drug-likeness (QED) is 0.102. The molecule has 3 fully saturated rings. The number of anilines is 1. The molecule has 2 N–H and O–H groups in total. The van der Waals surface area contributed by atoms with Gasteiger partial charge in [0.05, 0.1) is 43.4 Å². The largest absolute Gasteiger partial charge is 0.497 e. The molecule has 6 aromatic carbocycles. The summed E-state index contributed by atoms with van der Waals surface area (Å²) in [5, 5.41) is 13.0. The molecule has 0 aliphatic carbocycles. The SMILES string of the molecule is COc1ccc(C#Cc2ccc3c(c2)[C@]2(C(=O)N3C(=O)N[C@H](C)c3ccccc3)[C@H](c3cccc(OCCO)c3)N3C(C(=O)O[C@@H](c4ccccc4)[C@H]3c3ccccc3)[C@@H]2C(=O)N2CCCCCCC2)cc1. The number of hydrogen-bond acceptors (Lipinski definition) is 9. The van der Waals surface area contributed by atoms with Crippen molar-refractivity contribution in [2.24, 2.45) is 5.92 Å². The minimum atomic E-state index is -1.96. The molecule has 0 radical (unpaired) electrons. The molecule has 7 atom stereocenters. The number of aliphatic hydroxyl groups excluding tert-OH is 1. The first-order valence-corrected chi connectivity index (χ1v) is 24.9. The van der Waals surface area contributed by atoms with E-state index in [9.17, 15) is 5.11 Å². The van der Waals surface area contributed by atoms with E-state index in [1.165, 1.54) is 4.90 Å². The topological polar surface area (TPSA) is 138 Å². The second kappa shape index (κ2) is 20.9. The van der Waals surface area contributed by atoms with Gasteiger partial charge in [-0.2, -0.15) is 0 Å². The summed E-state index contributed by atoms with van der Waals surface area (Å²) >= 11 is 0. The molecule has 4 amide bonds. The number of ether oxygens (including phenoxy) is 3. The van der Waals surface area contributed by atoms with Crippen molar-refractivity contribution >= 4 is 29.5 Å². The number of fused-ring (bicyclic) bond motifs is 3. The van der Waals surface area contributed by atoms with Crippen molar-refractivity contribution in [3.8, 4) is 23.3 Å². The van der Waals surface area contributed by atoms with Crippen LogP contribution in [-0.4, -0.2) is 78.2 Å². The molecule has 10 rings (SSSR count).